The third-order valence-electron chi connectivity index (χ3n) is 3.96. The minimum absolute atomic E-state index is 0.0926. The van der Waals surface area contributed by atoms with Gasteiger partial charge in [0.25, 0.3) is 5.91 Å². The van der Waals surface area contributed by atoms with Crippen LogP contribution in [0, 0.1) is 5.41 Å². The molecule has 0 radical (unpaired) electrons. The number of hydrogen-bond donors (Lipinski definition) is 2. The molecule has 1 fully saturated rings. The minimum Gasteiger partial charge on any atom is -0.496 e. The molecule has 0 saturated heterocycles. The fraction of sp³-hybridized carbons (Fsp3) is 0.533. The van der Waals surface area contributed by atoms with Gasteiger partial charge in [-0.05, 0) is 30.4 Å². The van der Waals surface area contributed by atoms with Gasteiger partial charge in [-0.15, -0.1) is 0 Å². The van der Waals surface area contributed by atoms with E-state index in [0.717, 1.165) is 6.54 Å². The first-order chi connectivity index (χ1) is 9.04. The molecule has 1 aliphatic rings. The van der Waals surface area contributed by atoms with Crippen LogP contribution in [0.25, 0.3) is 0 Å². The summed E-state index contributed by atoms with van der Waals surface area (Å²) >= 11 is 0. The predicted molar refractivity (Wildman–Crippen MR) is 76.3 cm³/mol. The molecule has 1 saturated carbocycles. The van der Waals surface area contributed by atoms with E-state index in [1.807, 2.05) is 0 Å². The Bertz CT molecular complexity index is 465. The Kier molecular flexibility index (Phi) is 3.98. The van der Waals surface area contributed by atoms with E-state index in [0.29, 0.717) is 17.0 Å². The van der Waals surface area contributed by atoms with Gasteiger partial charge in [-0.1, -0.05) is 19.8 Å². The number of ether oxygens (including phenoxy) is 1. The summed E-state index contributed by atoms with van der Waals surface area (Å²) in [6.45, 7) is 2.96. The summed E-state index contributed by atoms with van der Waals surface area (Å²) in [6.07, 6.45) is 4.90. The number of amides is 1. The average Bonchev–Trinajstić information content (AvgIpc) is 2.83. The van der Waals surface area contributed by atoms with E-state index in [1.54, 1.807) is 25.3 Å². The number of nitrogens with one attached hydrogen (secondary N) is 1. The van der Waals surface area contributed by atoms with Crippen LogP contribution in [-0.2, 0) is 0 Å². The van der Waals surface area contributed by atoms with Crippen molar-refractivity contribution in [1.29, 1.82) is 0 Å². The summed E-state index contributed by atoms with van der Waals surface area (Å²) in [5.74, 6) is 0.430. The van der Waals surface area contributed by atoms with Gasteiger partial charge in [-0.2, -0.15) is 0 Å². The van der Waals surface area contributed by atoms with Crippen LogP contribution >= 0.6 is 0 Å². The molecule has 1 aromatic carbocycles. The SMILES string of the molecule is COc1cc(N)ccc1C(=O)NCC1(C)CCCC1. The molecule has 1 amide bonds. The molecule has 1 aliphatic carbocycles. The van der Waals surface area contributed by atoms with Crippen molar-refractivity contribution in [3.63, 3.8) is 0 Å². The number of nitrogen functional groups attached to an aromatic ring is 1. The quantitative estimate of drug-likeness (QED) is 0.820. The van der Waals surface area contributed by atoms with Gasteiger partial charge in [0.1, 0.15) is 5.75 Å². The van der Waals surface area contributed by atoms with Gasteiger partial charge >= 0.3 is 0 Å². The van der Waals surface area contributed by atoms with Crippen LogP contribution in [0.2, 0.25) is 0 Å². The van der Waals surface area contributed by atoms with Crippen LogP contribution in [0.15, 0.2) is 18.2 Å². The molecule has 4 heteroatoms. The zero-order valence-corrected chi connectivity index (χ0v) is 11.7. The zero-order chi connectivity index (χ0) is 13.9. The standard InChI is InChI=1S/C15H22N2O2/c1-15(7-3-4-8-15)10-17-14(18)12-6-5-11(16)9-13(12)19-2/h5-6,9H,3-4,7-8,10,16H2,1-2H3,(H,17,18). The second-order valence-corrected chi connectivity index (χ2v) is 5.66. The summed E-state index contributed by atoms with van der Waals surface area (Å²) in [5.41, 5.74) is 7.07. The van der Waals surface area contributed by atoms with Gasteiger partial charge in [-0.25, -0.2) is 0 Å². The van der Waals surface area contributed by atoms with Crippen molar-refractivity contribution in [2.45, 2.75) is 32.6 Å². The summed E-state index contributed by atoms with van der Waals surface area (Å²) in [6, 6.07) is 5.10. The maximum absolute atomic E-state index is 12.2. The maximum Gasteiger partial charge on any atom is 0.255 e. The van der Waals surface area contributed by atoms with Gasteiger partial charge in [0.15, 0.2) is 0 Å². The molecule has 2 rings (SSSR count). The third kappa shape index (κ3) is 3.19. The van der Waals surface area contributed by atoms with Crippen LogP contribution < -0.4 is 15.8 Å². The topological polar surface area (TPSA) is 64.3 Å². The van der Waals surface area contributed by atoms with Crippen molar-refractivity contribution in [3.05, 3.63) is 23.8 Å². The number of carbonyl (C=O) groups excluding carboxylic acids is 1. The number of hydrogen-bond acceptors (Lipinski definition) is 3. The molecule has 3 N–H and O–H groups in total. The van der Waals surface area contributed by atoms with E-state index in [4.69, 9.17) is 10.5 Å². The molecular weight excluding hydrogens is 240 g/mol. The van der Waals surface area contributed by atoms with Gasteiger partial charge in [0.2, 0.25) is 0 Å². The number of benzene rings is 1. The van der Waals surface area contributed by atoms with E-state index in [-0.39, 0.29) is 11.3 Å². The second kappa shape index (κ2) is 5.51. The van der Waals surface area contributed by atoms with Gasteiger partial charge in [0.05, 0.1) is 12.7 Å². The monoisotopic (exact) mass is 262 g/mol. The molecule has 1 aromatic rings. The first-order valence-electron chi connectivity index (χ1n) is 6.76. The van der Waals surface area contributed by atoms with E-state index in [9.17, 15) is 4.79 Å². The first kappa shape index (κ1) is 13.7. The Hall–Kier alpha value is -1.71. The highest BCUT2D eigenvalue weighted by atomic mass is 16.5. The summed E-state index contributed by atoms with van der Waals surface area (Å²) in [4.78, 5) is 12.2. The van der Waals surface area contributed by atoms with Crippen LogP contribution in [-0.4, -0.2) is 19.6 Å². The largest absolute Gasteiger partial charge is 0.496 e. The lowest BCUT2D eigenvalue weighted by atomic mass is 9.89. The van der Waals surface area contributed by atoms with Crippen LogP contribution in [0.1, 0.15) is 43.0 Å². The second-order valence-electron chi connectivity index (χ2n) is 5.66. The lowest BCUT2D eigenvalue weighted by molar-refractivity contribution is 0.0931. The van der Waals surface area contributed by atoms with Crippen LogP contribution in [0.5, 0.6) is 5.75 Å². The van der Waals surface area contributed by atoms with Crippen molar-refractivity contribution < 1.29 is 9.53 Å². The lowest BCUT2D eigenvalue weighted by Gasteiger charge is -2.23. The Morgan fingerprint density at radius 3 is 2.74 bits per heavy atom. The average molecular weight is 262 g/mol. The van der Waals surface area contributed by atoms with Crippen molar-refractivity contribution in [2.24, 2.45) is 5.41 Å². The summed E-state index contributed by atoms with van der Waals surface area (Å²) in [7, 11) is 1.55. The molecular formula is C15H22N2O2. The number of rotatable bonds is 4. The van der Waals surface area contributed by atoms with Crippen molar-refractivity contribution >= 4 is 11.6 Å². The van der Waals surface area contributed by atoms with E-state index in [2.05, 4.69) is 12.2 Å². The van der Waals surface area contributed by atoms with Crippen molar-refractivity contribution in [1.82, 2.24) is 5.32 Å². The van der Waals surface area contributed by atoms with Crippen LogP contribution in [0.4, 0.5) is 5.69 Å². The normalized spacial score (nSPS) is 17.2. The molecule has 4 nitrogen and oxygen atoms in total. The highest BCUT2D eigenvalue weighted by molar-refractivity contribution is 5.97. The number of anilines is 1. The van der Waals surface area contributed by atoms with Gasteiger partial charge < -0.3 is 15.8 Å². The molecule has 0 atom stereocenters. The first-order valence-corrected chi connectivity index (χ1v) is 6.76. The van der Waals surface area contributed by atoms with E-state index >= 15 is 0 Å². The minimum atomic E-state index is -0.0926. The molecule has 104 valence electrons. The van der Waals surface area contributed by atoms with Gasteiger partial charge in [-0.3, -0.25) is 4.79 Å². The number of carbonyl (C=O) groups is 1. The Labute approximate surface area is 114 Å². The Morgan fingerprint density at radius 1 is 1.42 bits per heavy atom. The molecule has 0 heterocycles. The predicted octanol–water partition coefficient (Wildman–Crippen LogP) is 2.59. The van der Waals surface area contributed by atoms with Gasteiger partial charge in [0, 0.05) is 18.3 Å². The smallest absolute Gasteiger partial charge is 0.255 e. The lowest BCUT2D eigenvalue weighted by Crippen LogP contribution is -2.34. The highest BCUT2D eigenvalue weighted by Crippen LogP contribution is 2.36. The molecule has 0 bridgehead atoms. The molecule has 0 spiro atoms. The fourth-order valence-corrected chi connectivity index (χ4v) is 2.69. The third-order valence-corrected chi connectivity index (χ3v) is 3.96. The zero-order valence-electron chi connectivity index (χ0n) is 11.7. The summed E-state index contributed by atoms with van der Waals surface area (Å²) < 4.78 is 5.20. The number of nitrogens with two attached hydrogens (primary N) is 1. The fourth-order valence-electron chi connectivity index (χ4n) is 2.69. The Balaban J connectivity index is 2.03. The maximum atomic E-state index is 12.2. The van der Waals surface area contributed by atoms with Crippen LogP contribution in [0.3, 0.4) is 0 Å². The molecule has 19 heavy (non-hydrogen) atoms. The van der Waals surface area contributed by atoms with Crippen molar-refractivity contribution in [3.8, 4) is 5.75 Å². The van der Waals surface area contributed by atoms with Crippen molar-refractivity contribution in [2.75, 3.05) is 19.4 Å². The van der Waals surface area contributed by atoms with E-state index < -0.39 is 0 Å². The molecule has 0 aliphatic heterocycles. The molecule has 0 unspecified atom stereocenters. The molecule has 0 aromatic heterocycles. The number of methoxy groups -OCH3 is 1. The highest BCUT2D eigenvalue weighted by Gasteiger charge is 2.29. The Morgan fingerprint density at radius 2 is 2.11 bits per heavy atom. The summed E-state index contributed by atoms with van der Waals surface area (Å²) in [5, 5.41) is 3.02. The van der Waals surface area contributed by atoms with E-state index in [1.165, 1.54) is 25.7 Å².